The zero-order valence-corrected chi connectivity index (χ0v) is 8.95. The van der Waals surface area contributed by atoms with E-state index < -0.39 is 0 Å². The monoisotopic (exact) mass is 228 g/mol. The molecule has 0 aliphatic rings. The Morgan fingerprint density at radius 1 is 1.41 bits per heavy atom. The van der Waals surface area contributed by atoms with E-state index in [0.29, 0.717) is 11.1 Å². The van der Waals surface area contributed by atoms with Gasteiger partial charge < -0.3 is 0 Å². The van der Waals surface area contributed by atoms with Crippen LogP contribution < -0.4 is 5.32 Å². The van der Waals surface area contributed by atoms with Crippen molar-refractivity contribution in [3.05, 3.63) is 35.4 Å². The Morgan fingerprint density at radius 3 is 2.65 bits per heavy atom. The summed E-state index contributed by atoms with van der Waals surface area (Å²) >= 11 is 0. The number of anilines is 1. The summed E-state index contributed by atoms with van der Waals surface area (Å²) in [6, 6.07) is 8.23. The van der Waals surface area contributed by atoms with Crippen LogP contribution in [-0.2, 0) is 7.05 Å². The van der Waals surface area contributed by atoms with Gasteiger partial charge in [0.2, 0.25) is 0 Å². The van der Waals surface area contributed by atoms with Gasteiger partial charge in [-0.05, 0) is 29.5 Å². The molecular weight excluding hydrogens is 220 g/mol. The molecule has 0 radical (unpaired) electrons. The van der Waals surface area contributed by atoms with Gasteiger partial charge in [0, 0.05) is 5.56 Å². The first kappa shape index (κ1) is 10.8. The summed E-state index contributed by atoms with van der Waals surface area (Å²) in [7, 11) is 1.60. The van der Waals surface area contributed by atoms with Gasteiger partial charge in [-0.3, -0.25) is 10.1 Å². The van der Waals surface area contributed by atoms with Crippen LogP contribution in [0.2, 0.25) is 0 Å². The SMILES string of the molecule is Cn1nnc(NC(=O)c2ccc(C#N)cc2)n1. The van der Waals surface area contributed by atoms with Crippen molar-refractivity contribution >= 4 is 11.9 Å². The second-order valence-electron chi connectivity index (χ2n) is 3.25. The standard InChI is InChI=1S/C10H8N6O/c1-16-14-10(13-15-16)12-9(17)8-4-2-7(6-11)3-5-8/h2-5H,1H3,(H,12,14,17). The third-order valence-electron chi connectivity index (χ3n) is 2.01. The molecule has 84 valence electrons. The van der Waals surface area contributed by atoms with Gasteiger partial charge in [0.05, 0.1) is 18.7 Å². The molecule has 7 nitrogen and oxygen atoms in total. The van der Waals surface area contributed by atoms with Gasteiger partial charge in [0.1, 0.15) is 0 Å². The molecule has 2 aromatic rings. The van der Waals surface area contributed by atoms with Crippen LogP contribution in [0.15, 0.2) is 24.3 Å². The normalized spacial score (nSPS) is 9.65. The minimum absolute atomic E-state index is 0.141. The van der Waals surface area contributed by atoms with Gasteiger partial charge in [-0.25, -0.2) is 0 Å². The summed E-state index contributed by atoms with van der Waals surface area (Å²) in [6.45, 7) is 0. The van der Waals surface area contributed by atoms with Crippen molar-refractivity contribution < 1.29 is 4.79 Å². The number of amides is 1. The Bertz CT molecular complexity index is 580. The Morgan fingerprint density at radius 2 is 2.12 bits per heavy atom. The molecule has 2 rings (SSSR count). The fourth-order valence-electron chi connectivity index (χ4n) is 1.20. The Balaban J connectivity index is 2.12. The first-order valence-corrected chi connectivity index (χ1v) is 4.74. The highest BCUT2D eigenvalue weighted by atomic mass is 16.1. The summed E-state index contributed by atoms with van der Waals surface area (Å²) in [5, 5.41) is 22.2. The van der Waals surface area contributed by atoms with Crippen molar-refractivity contribution in [3.8, 4) is 6.07 Å². The van der Waals surface area contributed by atoms with E-state index in [9.17, 15) is 4.79 Å². The number of nitriles is 1. The highest BCUT2D eigenvalue weighted by Crippen LogP contribution is 2.05. The fourth-order valence-corrected chi connectivity index (χ4v) is 1.20. The van der Waals surface area contributed by atoms with Gasteiger partial charge in [-0.15, -0.1) is 5.10 Å². The summed E-state index contributed by atoms with van der Waals surface area (Å²) in [6.07, 6.45) is 0. The summed E-state index contributed by atoms with van der Waals surface area (Å²) in [5.74, 6) is -0.204. The smallest absolute Gasteiger partial charge is 0.270 e. The van der Waals surface area contributed by atoms with E-state index in [2.05, 4.69) is 20.7 Å². The van der Waals surface area contributed by atoms with E-state index in [-0.39, 0.29) is 11.9 Å². The second-order valence-corrected chi connectivity index (χ2v) is 3.25. The highest BCUT2D eigenvalue weighted by molar-refractivity contribution is 6.03. The molecule has 1 aromatic carbocycles. The predicted octanol–water partition coefficient (Wildman–Crippen LogP) is 0.334. The lowest BCUT2D eigenvalue weighted by atomic mass is 10.1. The van der Waals surface area contributed by atoms with Gasteiger partial charge in [-0.2, -0.15) is 10.1 Å². The average molecular weight is 228 g/mol. The lowest BCUT2D eigenvalue weighted by Gasteiger charge is -1.99. The number of rotatable bonds is 2. The lowest BCUT2D eigenvalue weighted by molar-refractivity contribution is 0.102. The van der Waals surface area contributed by atoms with Crippen LogP contribution in [0.3, 0.4) is 0 Å². The third kappa shape index (κ3) is 2.43. The summed E-state index contributed by atoms with van der Waals surface area (Å²) in [5.41, 5.74) is 0.927. The molecule has 17 heavy (non-hydrogen) atoms. The minimum Gasteiger partial charge on any atom is -0.288 e. The maximum Gasteiger partial charge on any atom is 0.270 e. The third-order valence-corrected chi connectivity index (χ3v) is 2.01. The fraction of sp³-hybridized carbons (Fsp3) is 0.100. The molecule has 0 spiro atoms. The minimum atomic E-state index is -0.345. The van der Waals surface area contributed by atoms with Crippen molar-refractivity contribution in [2.45, 2.75) is 0 Å². The molecule has 0 unspecified atom stereocenters. The Hall–Kier alpha value is -2.75. The van der Waals surface area contributed by atoms with Crippen LogP contribution in [-0.4, -0.2) is 26.1 Å². The number of carbonyl (C=O) groups is 1. The van der Waals surface area contributed by atoms with Crippen LogP contribution in [0.5, 0.6) is 0 Å². The number of carbonyl (C=O) groups excluding carboxylic acids is 1. The average Bonchev–Trinajstić information content (AvgIpc) is 2.75. The zero-order valence-electron chi connectivity index (χ0n) is 8.95. The van der Waals surface area contributed by atoms with E-state index in [1.807, 2.05) is 6.07 Å². The van der Waals surface area contributed by atoms with Gasteiger partial charge in [0.25, 0.3) is 11.9 Å². The maximum absolute atomic E-state index is 11.7. The number of tetrazole rings is 1. The largest absolute Gasteiger partial charge is 0.288 e. The van der Waals surface area contributed by atoms with E-state index in [1.165, 1.54) is 4.80 Å². The van der Waals surface area contributed by atoms with Crippen LogP contribution in [0, 0.1) is 11.3 Å². The number of aromatic nitrogens is 4. The van der Waals surface area contributed by atoms with Gasteiger partial charge >= 0.3 is 0 Å². The number of aryl methyl sites for hydroxylation is 1. The van der Waals surface area contributed by atoms with E-state index in [4.69, 9.17) is 5.26 Å². The molecule has 0 saturated carbocycles. The summed E-state index contributed by atoms with van der Waals surface area (Å²) < 4.78 is 0. The molecule has 1 N–H and O–H groups in total. The van der Waals surface area contributed by atoms with Crippen molar-refractivity contribution in [3.63, 3.8) is 0 Å². The Labute approximate surface area is 96.7 Å². The number of benzene rings is 1. The van der Waals surface area contributed by atoms with Crippen molar-refractivity contribution in [1.82, 2.24) is 20.2 Å². The molecular formula is C10H8N6O. The van der Waals surface area contributed by atoms with E-state index >= 15 is 0 Å². The van der Waals surface area contributed by atoms with Gasteiger partial charge in [-0.1, -0.05) is 5.10 Å². The van der Waals surface area contributed by atoms with E-state index in [0.717, 1.165) is 0 Å². The maximum atomic E-state index is 11.7. The molecule has 7 heteroatoms. The topological polar surface area (TPSA) is 96.5 Å². The van der Waals surface area contributed by atoms with Gasteiger partial charge in [0.15, 0.2) is 0 Å². The number of hydrogen-bond acceptors (Lipinski definition) is 5. The number of hydrogen-bond donors (Lipinski definition) is 1. The molecule has 0 saturated heterocycles. The number of nitrogens with zero attached hydrogens (tertiary/aromatic N) is 5. The molecule has 0 aliphatic carbocycles. The first-order valence-electron chi connectivity index (χ1n) is 4.74. The molecule has 0 atom stereocenters. The van der Waals surface area contributed by atoms with Crippen molar-refractivity contribution in [1.29, 1.82) is 5.26 Å². The summed E-state index contributed by atoms with van der Waals surface area (Å²) in [4.78, 5) is 13.0. The second kappa shape index (κ2) is 4.40. The molecule has 0 aliphatic heterocycles. The van der Waals surface area contributed by atoms with Crippen molar-refractivity contribution in [2.75, 3.05) is 5.32 Å². The van der Waals surface area contributed by atoms with Crippen LogP contribution in [0.1, 0.15) is 15.9 Å². The predicted molar refractivity (Wildman–Crippen MR) is 57.9 cm³/mol. The molecule has 1 heterocycles. The molecule has 1 aromatic heterocycles. The lowest BCUT2D eigenvalue weighted by Crippen LogP contribution is -2.13. The highest BCUT2D eigenvalue weighted by Gasteiger charge is 2.08. The van der Waals surface area contributed by atoms with Crippen LogP contribution in [0.25, 0.3) is 0 Å². The molecule has 0 bridgehead atoms. The number of nitrogens with one attached hydrogen (secondary N) is 1. The van der Waals surface area contributed by atoms with Crippen LogP contribution in [0.4, 0.5) is 5.95 Å². The molecule has 0 fully saturated rings. The first-order chi connectivity index (χ1) is 8.19. The quantitative estimate of drug-likeness (QED) is 0.799. The van der Waals surface area contributed by atoms with E-state index in [1.54, 1.807) is 31.3 Å². The van der Waals surface area contributed by atoms with Crippen molar-refractivity contribution in [2.24, 2.45) is 7.05 Å². The Kier molecular flexibility index (Phi) is 2.79. The zero-order chi connectivity index (χ0) is 12.3. The van der Waals surface area contributed by atoms with Crippen LogP contribution >= 0.6 is 0 Å². The molecule has 1 amide bonds.